The van der Waals surface area contributed by atoms with Gasteiger partial charge in [-0.1, -0.05) is 0 Å². The van der Waals surface area contributed by atoms with Crippen molar-refractivity contribution in [2.24, 2.45) is 11.8 Å². The molecule has 3 amide bonds. The van der Waals surface area contributed by atoms with Gasteiger partial charge < -0.3 is 15.4 Å². The van der Waals surface area contributed by atoms with Crippen LogP contribution in [0.5, 0.6) is 0 Å². The van der Waals surface area contributed by atoms with Crippen LogP contribution in [-0.2, 0) is 24.7 Å². The lowest BCUT2D eigenvalue weighted by molar-refractivity contribution is -0.730. The molecule has 0 aromatic heterocycles. The van der Waals surface area contributed by atoms with Crippen molar-refractivity contribution in [2.45, 2.75) is 18.5 Å². The fourth-order valence-corrected chi connectivity index (χ4v) is 4.57. The van der Waals surface area contributed by atoms with E-state index in [0.717, 1.165) is 0 Å². The van der Waals surface area contributed by atoms with Crippen LogP contribution in [0.4, 0.5) is 10.1 Å². The van der Waals surface area contributed by atoms with E-state index < -0.39 is 23.2 Å². The summed E-state index contributed by atoms with van der Waals surface area (Å²) in [4.78, 5) is 39.8. The number of imide groups is 1. The monoisotopic (exact) mass is 348 g/mol. The van der Waals surface area contributed by atoms with Crippen molar-refractivity contribution < 1.29 is 28.8 Å². The minimum absolute atomic E-state index is 0.154. The maximum absolute atomic E-state index is 13.9. The number of nitrogens with zero attached hydrogens (tertiary/aromatic N) is 1. The van der Waals surface area contributed by atoms with E-state index in [1.54, 1.807) is 5.32 Å². The van der Waals surface area contributed by atoms with Gasteiger partial charge in [0.15, 0.2) is 0 Å². The van der Waals surface area contributed by atoms with Crippen LogP contribution in [0.25, 0.3) is 0 Å². The molecule has 0 bridgehead atoms. The second-order valence-corrected chi connectivity index (χ2v) is 6.86. The molecular formula is C17H19FN3O4+. The summed E-state index contributed by atoms with van der Waals surface area (Å²) in [6.07, 6.45) is 0. The molecule has 3 N–H and O–H groups in total. The molecule has 25 heavy (non-hydrogen) atoms. The van der Waals surface area contributed by atoms with Gasteiger partial charge in [-0.25, -0.2) is 4.39 Å². The molecule has 3 aliphatic heterocycles. The van der Waals surface area contributed by atoms with Gasteiger partial charge in [-0.3, -0.25) is 19.3 Å². The van der Waals surface area contributed by atoms with Gasteiger partial charge in [-0.2, -0.15) is 0 Å². The van der Waals surface area contributed by atoms with Gasteiger partial charge >= 0.3 is 0 Å². The van der Waals surface area contributed by atoms with E-state index in [1.165, 1.54) is 30.2 Å². The maximum Gasteiger partial charge on any atom is 0.291 e. The average Bonchev–Trinajstić information content (AvgIpc) is 3.12. The summed E-state index contributed by atoms with van der Waals surface area (Å²) in [7, 11) is 1.49. The van der Waals surface area contributed by atoms with Gasteiger partial charge in [0.25, 0.3) is 5.91 Å². The van der Waals surface area contributed by atoms with Crippen molar-refractivity contribution in [2.75, 3.05) is 25.6 Å². The fraction of sp³-hybridized carbons (Fsp3) is 0.471. The van der Waals surface area contributed by atoms with Crippen molar-refractivity contribution in [3.63, 3.8) is 0 Å². The Balaban J connectivity index is 1.83. The normalized spacial score (nSPS) is 33.2. The van der Waals surface area contributed by atoms with Crippen LogP contribution in [0, 0.1) is 17.7 Å². The summed E-state index contributed by atoms with van der Waals surface area (Å²) in [5, 5.41) is 4.48. The van der Waals surface area contributed by atoms with Gasteiger partial charge in [-0.05, 0) is 25.1 Å². The smallest absolute Gasteiger partial charge is 0.291 e. The summed E-state index contributed by atoms with van der Waals surface area (Å²) in [6, 6.07) is 3.77. The van der Waals surface area contributed by atoms with Crippen LogP contribution in [-0.4, -0.2) is 48.9 Å². The number of halogens is 1. The lowest BCUT2D eigenvalue weighted by Crippen LogP contribution is -2.98. The number of methoxy groups -OCH3 is 1. The number of nitrogens with one attached hydrogen (secondary N) is 1. The van der Waals surface area contributed by atoms with Crippen molar-refractivity contribution in [3.05, 3.63) is 29.6 Å². The number of ether oxygens (including phenoxy) is 1. The molecule has 3 heterocycles. The van der Waals surface area contributed by atoms with Crippen molar-refractivity contribution in [3.8, 4) is 0 Å². The maximum atomic E-state index is 13.9. The third-order valence-electron chi connectivity index (χ3n) is 5.60. The zero-order chi connectivity index (χ0) is 17.9. The number of benzene rings is 1. The molecule has 4 rings (SSSR count). The Morgan fingerprint density at radius 3 is 2.80 bits per heavy atom. The highest BCUT2D eigenvalue weighted by Gasteiger charge is 2.73. The molecule has 132 valence electrons. The molecule has 2 saturated heterocycles. The number of fused-ring (bicyclic) bond motifs is 4. The van der Waals surface area contributed by atoms with Crippen LogP contribution in [0.2, 0.25) is 0 Å². The van der Waals surface area contributed by atoms with Gasteiger partial charge in [-0.15, -0.1) is 0 Å². The Labute approximate surface area is 143 Å². The fourth-order valence-electron chi connectivity index (χ4n) is 4.57. The quantitative estimate of drug-likeness (QED) is 0.699. The highest BCUT2D eigenvalue weighted by atomic mass is 19.1. The number of rotatable bonds is 3. The van der Waals surface area contributed by atoms with E-state index in [-0.39, 0.29) is 36.9 Å². The molecular weight excluding hydrogens is 329 g/mol. The molecule has 0 aliphatic carbocycles. The van der Waals surface area contributed by atoms with E-state index >= 15 is 0 Å². The molecule has 7 nitrogen and oxygen atoms in total. The summed E-state index contributed by atoms with van der Waals surface area (Å²) < 4.78 is 18.8. The number of hydrogen-bond acceptors (Lipinski definition) is 4. The largest absolute Gasteiger partial charge is 0.383 e. The number of amides is 3. The van der Waals surface area contributed by atoms with E-state index in [9.17, 15) is 18.8 Å². The summed E-state index contributed by atoms with van der Waals surface area (Å²) in [5.74, 6) is -2.97. The lowest BCUT2D eigenvalue weighted by atomic mass is 9.76. The number of hydrogen-bond donors (Lipinski definition) is 2. The van der Waals surface area contributed by atoms with Crippen LogP contribution < -0.4 is 10.6 Å². The Morgan fingerprint density at radius 1 is 1.32 bits per heavy atom. The summed E-state index contributed by atoms with van der Waals surface area (Å²) in [5.41, 5.74) is -0.367. The first-order chi connectivity index (χ1) is 11.9. The van der Waals surface area contributed by atoms with Gasteiger partial charge in [0.1, 0.15) is 17.7 Å². The summed E-state index contributed by atoms with van der Waals surface area (Å²) in [6.45, 7) is 2.21. The third-order valence-corrected chi connectivity index (χ3v) is 5.60. The predicted molar refractivity (Wildman–Crippen MR) is 83.7 cm³/mol. The second kappa shape index (κ2) is 5.34. The number of carbonyl (C=O) groups is 3. The molecule has 8 heteroatoms. The van der Waals surface area contributed by atoms with Crippen molar-refractivity contribution >= 4 is 23.4 Å². The lowest BCUT2D eigenvalue weighted by Gasteiger charge is -2.25. The highest BCUT2D eigenvalue weighted by Crippen LogP contribution is 2.48. The number of quaternary nitrogens is 1. The van der Waals surface area contributed by atoms with Crippen LogP contribution in [0.15, 0.2) is 18.2 Å². The number of nitrogens with two attached hydrogens (primary N) is 1. The predicted octanol–water partition coefficient (Wildman–Crippen LogP) is -0.814. The zero-order valence-corrected chi connectivity index (χ0v) is 13.9. The van der Waals surface area contributed by atoms with Crippen LogP contribution >= 0.6 is 0 Å². The average molecular weight is 348 g/mol. The summed E-state index contributed by atoms with van der Waals surface area (Å²) >= 11 is 0. The molecule has 0 unspecified atom stereocenters. The Bertz CT molecular complexity index is 798. The first-order valence-electron chi connectivity index (χ1n) is 8.23. The topological polar surface area (TPSA) is 92.3 Å². The molecule has 1 spiro atoms. The standard InChI is InChI=1S/C17H18FN3O4/c1-8-12-13(15(23)21(14(12)22)5-6-25-2)17(20-8)10-7-9(18)3-4-11(10)19-16(17)24/h3-4,7-8,12-13,20H,5-6H2,1-2H3,(H,19,24)/p+1/t8-,12-,13+,17-/m1/s1. The van der Waals surface area contributed by atoms with E-state index in [4.69, 9.17) is 4.74 Å². The van der Waals surface area contributed by atoms with Crippen molar-refractivity contribution in [1.82, 2.24) is 4.90 Å². The van der Waals surface area contributed by atoms with E-state index in [1.807, 2.05) is 6.92 Å². The number of likely N-dealkylation sites (tertiary alicyclic amines) is 1. The minimum atomic E-state index is -1.30. The second-order valence-electron chi connectivity index (χ2n) is 6.86. The SMILES string of the molecule is COCCN1C(=O)[C@H]2[C@@H](C1=O)[C@@]1([NH2+][C@@H]2C)C(=O)Nc2ccc(F)cc21. The van der Waals surface area contributed by atoms with Crippen molar-refractivity contribution in [1.29, 1.82) is 0 Å². The molecule has 1 aromatic carbocycles. The zero-order valence-electron chi connectivity index (χ0n) is 13.9. The van der Waals surface area contributed by atoms with E-state index in [0.29, 0.717) is 11.3 Å². The van der Waals surface area contributed by atoms with Gasteiger partial charge in [0, 0.05) is 12.7 Å². The van der Waals surface area contributed by atoms with Crippen LogP contribution in [0.3, 0.4) is 0 Å². The molecule has 0 radical (unpaired) electrons. The third kappa shape index (κ3) is 1.95. The minimum Gasteiger partial charge on any atom is -0.383 e. The molecule has 3 aliphatic rings. The van der Waals surface area contributed by atoms with Gasteiger partial charge in [0.2, 0.25) is 17.4 Å². The number of carbonyl (C=O) groups excluding carboxylic acids is 3. The first kappa shape index (κ1) is 16.2. The molecule has 4 atom stereocenters. The molecule has 0 saturated carbocycles. The first-order valence-corrected chi connectivity index (χ1v) is 8.23. The Hall–Kier alpha value is -2.32. The molecule has 1 aromatic rings. The van der Waals surface area contributed by atoms with Gasteiger partial charge in [0.05, 0.1) is 24.9 Å². The van der Waals surface area contributed by atoms with Crippen LogP contribution in [0.1, 0.15) is 12.5 Å². The Kier molecular flexibility index (Phi) is 3.45. The molecule has 2 fully saturated rings. The Morgan fingerprint density at radius 2 is 2.08 bits per heavy atom. The number of anilines is 1. The van der Waals surface area contributed by atoms with E-state index in [2.05, 4.69) is 5.32 Å². The highest BCUT2D eigenvalue weighted by molar-refractivity contribution is 6.13.